The maximum Gasteiger partial charge on any atom is 0.421 e. The molecule has 204 valence electrons. The number of ether oxygens (including phenoxy) is 2. The van der Waals surface area contributed by atoms with Gasteiger partial charge in [0.25, 0.3) is 10.0 Å². The molecule has 1 aromatic heterocycles. The van der Waals surface area contributed by atoms with E-state index in [1.54, 1.807) is 39.0 Å². The number of aryl methyl sites for hydroxylation is 2. The van der Waals surface area contributed by atoms with Crippen LogP contribution in [0.25, 0.3) is 11.1 Å². The van der Waals surface area contributed by atoms with E-state index >= 15 is 0 Å². The second-order valence-corrected chi connectivity index (χ2v) is 11.5. The lowest BCUT2D eigenvalue weighted by Gasteiger charge is -2.20. The van der Waals surface area contributed by atoms with Crippen LogP contribution in [0.3, 0.4) is 0 Å². The molecule has 1 heterocycles. The van der Waals surface area contributed by atoms with Crippen molar-refractivity contribution in [3.05, 3.63) is 71.0 Å². The number of aromatic nitrogens is 2. The smallest absolute Gasteiger partial charge is 0.421 e. The molecular formula is C28H35N3O6S. The van der Waals surface area contributed by atoms with E-state index in [-0.39, 0.29) is 4.90 Å². The Hall–Kier alpha value is -3.66. The molecule has 0 aliphatic rings. The van der Waals surface area contributed by atoms with Crippen molar-refractivity contribution in [1.82, 2.24) is 14.5 Å². The first-order chi connectivity index (χ1) is 17.9. The van der Waals surface area contributed by atoms with Crippen LogP contribution in [-0.4, -0.2) is 43.0 Å². The second kappa shape index (κ2) is 11.8. The average molecular weight is 542 g/mol. The van der Waals surface area contributed by atoms with E-state index in [9.17, 15) is 18.0 Å². The van der Waals surface area contributed by atoms with E-state index in [1.807, 2.05) is 47.5 Å². The third kappa shape index (κ3) is 6.80. The Morgan fingerprint density at radius 2 is 1.68 bits per heavy atom. The molecule has 0 aliphatic heterocycles. The number of esters is 1. The van der Waals surface area contributed by atoms with Gasteiger partial charge in [0, 0.05) is 18.5 Å². The number of sulfonamides is 1. The van der Waals surface area contributed by atoms with Crippen molar-refractivity contribution in [2.45, 2.75) is 70.9 Å². The van der Waals surface area contributed by atoms with Crippen molar-refractivity contribution in [2.75, 3.05) is 7.11 Å². The highest BCUT2D eigenvalue weighted by atomic mass is 32.2. The van der Waals surface area contributed by atoms with Crippen LogP contribution in [0.2, 0.25) is 0 Å². The highest BCUT2D eigenvalue weighted by Gasteiger charge is 2.26. The van der Waals surface area contributed by atoms with Gasteiger partial charge in [-0.05, 0) is 50.8 Å². The third-order valence-electron chi connectivity index (χ3n) is 5.72. The molecule has 0 radical (unpaired) electrons. The summed E-state index contributed by atoms with van der Waals surface area (Å²) in [5.41, 5.74) is 3.16. The van der Waals surface area contributed by atoms with E-state index in [0.29, 0.717) is 41.8 Å². The Morgan fingerprint density at radius 3 is 2.26 bits per heavy atom. The highest BCUT2D eigenvalue weighted by molar-refractivity contribution is 7.90. The fourth-order valence-electron chi connectivity index (χ4n) is 4.11. The van der Waals surface area contributed by atoms with Crippen molar-refractivity contribution in [2.24, 2.45) is 0 Å². The molecule has 0 aliphatic carbocycles. The number of nitrogens with one attached hydrogen (secondary N) is 1. The fraction of sp³-hybridized carbons (Fsp3) is 0.393. The van der Waals surface area contributed by atoms with Gasteiger partial charge in [0.15, 0.2) is 0 Å². The van der Waals surface area contributed by atoms with Crippen LogP contribution in [0, 0.1) is 0 Å². The first-order valence-electron chi connectivity index (χ1n) is 12.5. The number of benzene rings is 2. The number of amides is 1. The lowest BCUT2D eigenvalue weighted by atomic mass is 10.00. The highest BCUT2D eigenvalue weighted by Crippen LogP contribution is 2.29. The average Bonchev–Trinajstić information content (AvgIpc) is 3.19. The van der Waals surface area contributed by atoms with Crippen LogP contribution in [0.1, 0.15) is 68.3 Å². The van der Waals surface area contributed by atoms with Crippen molar-refractivity contribution in [3.63, 3.8) is 0 Å². The number of hydrogen-bond donors (Lipinski definition) is 1. The lowest BCUT2D eigenvalue weighted by Crippen LogP contribution is -2.36. The number of methoxy groups -OCH3 is 1. The van der Waals surface area contributed by atoms with Crippen molar-refractivity contribution in [3.8, 4) is 11.1 Å². The zero-order valence-corrected chi connectivity index (χ0v) is 23.5. The molecule has 3 rings (SSSR count). The number of nitrogens with zero attached hydrogens (tertiary/aromatic N) is 2. The standard InChI is InChI=1S/C28H35N3O6S/c1-7-17-31-23(25(26(32)36-6)22(8-2)29-31)18-19-13-15-20(16-14-19)21-11-9-10-12-24(21)38(34,35)30-27(33)37-28(3,4)5/h9-16H,7-8,17-18H2,1-6H3,(H,30,33). The molecule has 0 spiro atoms. The summed E-state index contributed by atoms with van der Waals surface area (Å²) in [6, 6.07) is 13.8. The van der Waals surface area contributed by atoms with Gasteiger partial charge in [-0.3, -0.25) is 4.68 Å². The number of carbonyl (C=O) groups excluding carboxylic acids is 2. The van der Waals surface area contributed by atoms with Crippen LogP contribution >= 0.6 is 0 Å². The Kier molecular flexibility index (Phi) is 8.98. The summed E-state index contributed by atoms with van der Waals surface area (Å²) >= 11 is 0. The van der Waals surface area contributed by atoms with Gasteiger partial charge < -0.3 is 9.47 Å². The molecule has 0 saturated heterocycles. The monoisotopic (exact) mass is 541 g/mol. The van der Waals surface area contributed by atoms with Gasteiger partial charge in [-0.25, -0.2) is 22.7 Å². The summed E-state index contributed by atoms with van der Waals surface area (Å²) in [5, 5.41) is 4.64. The normalized spacial score (nSPS) is 11.7. The minimum Gasteiger partial charge on any atom is -0.465 e. The molecule has 0 fully saturated rings. The third-order valence-corrected chi connectivity index (χ3v) is 7.09. The molecule has 0 unspecified atom stereocenters. The van der Waals surface area contributed by atoms with Crippen LogP contribution in [-0.2, 0) is 38.9 Å². The van der Waals surface area contributed by atoms with E-state index < -0.39 is 27.7 Å². The topological polar surface area (TPSA) is 117 Å². The predicted octanol–water partition coefficient (Wildman–Crippen LogP) is 5.11. The summed E-state index contributed by atoms with van der Waals surface area (Å²) in [6.45, 7) is 9.64. The van der Waals surface area contributed by atoms with Gasteiger partial charge in [-0.15, -0.1) is 0 Å². The van der Waals surface area contributed by atoms with Gasteiger partial charge >= 0.3 is 12.1 Å². The fourth-order valence-corrected chi connectivity index (χ4v) is 5.22. The van der Waals surface area contributed by atoms with Crippen LogP contribution < -0.4 is 4.72 Å². The van der Waals surface area contributed by atoms with Gasteiger partial charge in [-0.2, -0.15) is 5.10 Å². The SMILES string of the molecule is CCCn1nc(CC)c(C(=O)OC)c1Cc1ccc(-c2ccccc2S(=O)(=O)NC(=O)OC(C)(C)C)cc1. The number of hydrogen-bond acceptors (Lipinski definition) is 7. The maximum absolute atomic E-state index is 13.0. The minimum atomic E-state index is -4.19. The molecule has 2 aromatic carbocycles. The van der Waals surface area contributed by atoms with Gasteiger partial charge in [0.1, 0.15) is 11.2 Å². The molecule has 0 bridgehead atoms. The maximum atomic E-state index is 13.0. The number of carbonyl (C=O) groups is 2. The zero-order chi connectivity index (χ0) is 28.1. The summed E-state index contributed by atoms with van der Waals surface area (Å²) < 4.78 is 40.1. The van der Waals surface area contributed by atoms with Gasteiger partial charge in [-0.1, -0.05) is 56.3 Å². The van der Waals surface area contributed by atoms with E-state index in [0.717, 1.165) is 17.7 Å². The first kappa shape index (κ1) is 28.9. The first-order valence-corrected chi connectivity index (χ1v) is 14.0. The minimum absolute atomic E-state index is 0.0415. The van der Waals surface area contributed by atoms with Crippen molar-refractivity contribution >= 4 is 22.1 Å². The molecule has 3 aromatic rings. The van der Waals surface area contributed by atoms with E-state index in [2.05, 4.69) is 5.10 Å². The summed E-state index contributed by atoms with van der Waals surface area (Å²) in [4.78, 5) is 24.7. The van der Waals surface area contributed by atoms with Crippen molar-refractivity contribution in [1.29, 1.82) is 0 Å². The van der Waals surface area contributed by atoms with Crippen LogP contribution in [0.4, 0.5) is 4.79 Å². The second-order valence-electron chi connectivity index (χ2n) is 9.81. The van der Waals surface area contributed by atoms with E-state index in [1.165, 1.54) is 13.2 Å². The van der Waals surface area contributed by atoms with Crippen LogP contribution in [0.15, 0.2) is 53.4 Å². The quantitative estimate of drug-likeness (QED) is 0.374. The predicted molar refractivity (Wildman–Crippen MR) is 144 cm³/mol. The van der Waals surface area contributed by atoms with Crippen LogP contribution in [0.5, 0.6) is 0 Å². The molecule has 9 nitrogen and oxygen atoms in total. The summed E-state index contributed by atoms with van der Waals surface area (Å²) in [7, 11) is -2.83. The molecule has 1 N–H and O–H groups in total. The lowest BCUT2D eigenvalue weighted by molar-refractivity contribution is 0.0566. The zero-order valence-electron chi connectivity index (χ0n) is 22.7. The number of rotatable bonds is 9. The molecule has 0 atom stereocenters. The van der Waals surface area contributed by atoms with Crippen molar-refractivity contribution < 1.29 is 27.5 Å². The summed E-state index contributed by atoms with van der Waals surface area (Å²) in [5.74, 6) is -0.410. The van der Waals surface area contributed by atoms with Gasteiger partial charge in [0.2, 0.25) is 0 Å². The Balaban J connectivity index is 1.93. The van der Waals surface area contributed by atoms with E-state index in [4.69, 9.17) is 9.47 Å². The Bertz CT molecular complexity index is 1400. The molecule has 38 heavy (non-hydrogen) atoms. The van der Waals surface area contributed by atoms with Gasteiger partial charge in [0.05, 0.1) is 23.4 Å². The Morgan fingerprint density at radius 1 is 1.03 bits per heavy atom. The Labute approximate surface area is 224 Å². The molecular weight excluding hydrogens is 506 g/mol. The molecule has 1 amide bonds. The summed E-state index contributed by atoms with van der Waals surface area (Å²) in [6.07, 6.45) is 0.882. The largest absolute Gasteiger partial charge is 0.465 e. The molecule has 10 heteroatoms. The molecule has 0 saturated carbocycles.